The van der Waals surface area contributed by atoms with Crippen molar-refractivity contribution >= 4 is 23.2 Å². The van der Waals surface area contributed by atoms with Crippen molar-refractivity contribution in [3.8, 4) is 0 Å². The van der Waals surface area contributed by atoms with Crippen LogP contribution < -0.4 is 0 Å². The Labute approximate surface area is 141 Å². The summed E-state index contributed by atoms with van der Waals surface area (Å²) in [4.78, 5) is 31.4. The fraction of sp³-hybridized carbons (Fsp3) is 0.706. The van der Waals surface area contributed by atoms with Crippen molar-refractivity contribution in [3.63, 3.8) is 0 Å². The molecule has 3 atom stereocenters. The van der Waals surface area contributed by atoms with Crippen LogP contribution in [0.4, 0.5) is 0 Å². The zero-order valence-electron chi connectivity index (χ0n) is 14.9. The van der Waals surface area contributed by atoms with E-state index in [1.54, 1.807) is 23.3 Å². The Balaban J connectivity index is 2.19. The average Bonchev–Trinajstić information content (AvgIpc) is 2.82. The van der Waals surface area contributed by atoms with E-state index in [4.69, 9.17) is 0 Å². The molecule has 0 radical (unpaired) electrons. The largest absolute Gasteiger partial charge is 0.481 e. The number of rotatable bonds is 5. The highest BCUT2D eigenvalue weighted by Gasteiger charge is 2.66. The number of carbonyl (C=O) groups excluding carboxylic acids is 1. The molecule has 0 aliphatic heterocycles. The summed E-state index contributed by atoms with van der Waals surface area (Å²) in [6.45, 7) is 11.8. The molecular formula is C17H26N2O3S. The molecule has 0 bridgehead atoms. The number of nitrogens with zero attached hydrogens (tertiary/aromatic N) is 2. The maximum atomic E-state index is 12.7. The van der Waals surface area contributed by atoms with Crippen molar-refractivity contribution in [3.05, 3.63) is 15.6 Å². The van der Waals surface area contributed by atoms with E-state index in [2.05, 4.69) is 18.8 Å². The van der Waals surface area contributed by atoms with E-state index in [0.717, 1.165) is 15.6 Å². The third kappa shape index (κ3) is 3.01. The number of aromatic nitrogens is 1. The molecule has 5 nitrogen and oxygen atoms in total. The molecule has 1 aromatic rings. The van der Waals surface area contributed by atoms with E-state index in [9.17, 15) is 14.7 Å². The number of hydrogen-bond donors (Lipinski definition) is 1. The van der Waals surface area contributed by atoms with Gasteiger partial charge in [-0.25, -0.2) is 4.98 Å². The van der Waals surface area contributed by atoms with Crippen LogP contribution in [0.25, 0.3) is 0 Å². The van der Waals surface area contributed by atoms with Crippen molar-refractivity contribution in [2.75, 3.05) is 7.05 Å². The summed E-state index contributed by atoms with van der Waals surface area (Å²) in [5.41, 5.74) is 0.485. The minimum absolute atomic E-state index is 0.0891. The summed E-state index contributed by atoms with van der Waals surface area (Å²) in [5, 5.41) is 10.3. The predicted molar refractivity (Wildman–Crippen MR) is 90.5 cm³/mol. The highest BCUT2D eigenvalue weighted by atomic mass is 32.1. The first-order chi connectivity index (χ1) is 10.5. The minimum atomic E-state index is -0.884. The smallest absolute Gasteiger partial charge is 0.307 e. The molecule has 1 aliphatic rings. The number of thiazole rings is 1. The van der Waals surface area contributed by atoms with Crippen LogP contribution in [0.1, 0.15) is 62.2 Å². The quantitative estimate of drug-likeness (QED) is 0.892. The lowest BCUT2D eigenvalue weighted by Crippen LogP contribution is -2.32. The van der Waals surface area contributed by atoms with Crippen LogP contribution in [-0.2, 0) is 9.59 Å². The monoisotopic (exact) mass is 338 g/mol. The number of carboxylic acids is 1. The van der Waals surface area contributed by atoms with Crippen molar-refractivity contribution in [1.29, 1.82) is 0 Å². The van der Waals surface area contributed by atoms with Crippen LogP contribution in [0.2, 0.25) is 0 Å². The lowest BCUT2D eigenvalue weighted by molar-refractivity contribution is -0.142. The topological polar surface area (TPSA) is 70.5 Å². The molecule has 1 saturated carbocycles. The standard InChI is InChI=1S/C17H26N2O3S/c1-8(2)14-18-9(3)13(23-14)10(4)19(7)15(20)11-12(16(21)22)17(11,5)6/h8,10-12H,1-7H3,(H,21,22)/t10?,11-,12+/m0/s1. The molecule has 0 aromatic carbocycles. The first-order valence-corrected chi connectivity index (χ1v) is 8.78. The van der Waals surface area contributed by atoms with Gasteiger partial charge in [0.05, 0.1) is 28.6 Å². The van der Waals surface area contributed by atoms with Crippen LogP contribution in [0, 0.1) is 24.2 Å². The van der Waals surface area contributed by atoms with Gasteiger partial charge < -0.3 is 10.0 Å². The molecule has 1 heterocycles. The van der Waals surface area contributed by atoms with Gasteiger partial charge >= 0.3 is 5.97 Å². The third-order valence-electron chi connectivity index (χ3n) is 5.01. The van der Waals surface area contributed by atoms with Crippen LogP contribution in [0.15, 0.2) is 0 Å². The Bertz CT molecular complexity index is 636. The Hall–Kier alpha value is -1.43. The molecule has 1 fully saturated rings. The summed E-state index contributed by atoms with van der Waals surface area (Å²) in [5.74, 6) is -1.64. The molecular weight excluding hydrogens is 312 g/mol. The minimum Gasteiger partial charge on any atom is -0.481 e. The van der Waals surface area contributed by atoms with E-state index in [1.807, 2.05) is 27.7 Å². The SMILES string of the molecule is Cc1nc(C(C)C)sc1C(C)N(C)C(=O)[C@@H]1[C@H](C(=O)O)C1(C)C. The summed E-state index contributed by atoms with van der Waals surface area (Å²) in [7, 11) is 1.76. The van der Waals surface area contributed by atoms with Crippen molar-refractivity contribution in [2.45, 2.75) is 53.5 Å². The van der Waals surface area contributed by atoms with Gasteiger partial charge in [-0.3, -0.25) is 9.59 Å². The second-order valence-electron chi connectivity index (χ2n) is 7.40. The number of aryl methyl sites for hydroxylation is 1. The van der Waals surface area contributed by atoms with Gasteiger partial charge in [0.15, 0.2) is 0 Å². The molecule has 0 saturated heterocycles. The summed E-state index contributed by atoms with van der Waals surface area (Å²) in [6.07, 6.45) is 0. The second kappa shape index (κ2) is 5.89. The van der Waals surface area contributed by atoms with Crippen LogP contribution >= 0.6 is 11.3 Å². The van der Waals surface area contributed by atoms with Gasteiger partial charge in [0.1, 0.15) is 0 Å². The number of aliphatic carboxylic acids is 1. The van der Waals surface area contributed by atoms with Gasteiger partial charge in [0.25, 0.3) is 0 Å². The average molecular weight is 338 g/mol. The maximum absolute atomic E-state index is 12.7. The second-order valence-corrected chi connectivity index (χ2v) is 8.46. The highest BCUT2D eigenvalue weighted by molar-refractivity contribution is 7.11. The van der Waals surface area contributed by atoms with Gasteiger partial charge in [-0.15, -0.1) is 11.3 Å². The molecule has 1 N–H and O–H groups in total. The van der Waals surface area contributed by atoms with E-state index < -0.39 is 23.2 Å². The molecule has 23 heavy (non-hydrogen) atoms. The van der Waals surface area contributed by atoms with Gasteiger partial charge in [-0.2, -0.15) is 0 Å². The van der Waals surface area contributed by atoms with Crippen molar-refractivity contribution < 1.29 is 14.7 Å². The van der Waals surface area contributed by atoms with Crippen LogP contribution in [0.3, 0.4) is 0 Å². The van der Waals surface area contributed by atoms with E-state index in [1.165, 1.54) is 0 Å². The molecule has 1 amide bonds. The summed E-state index contributed by atoms with van der Waals surface area (Å²) < 4.78 is 0. The zero-order valence-corrected chi connectivity index (χ0v) is 15.7. The Morgan fingerprint density at radius 3 is 2.22 bits per heavy atom. The fourth-order valence-corrected chi connectivity index (χ4v) is 4.38. The molecule has 128 valence electrons. The number of amides is 1. The van der Waals surface area contributed by atoms with Gasteiger partial charge in [-0.1, -0.05) is 27.7 Å². The van der Waals surface area contributed by atoms with Gasteiger partial charge in [-0.05, 0) is 19.3 Å². The fourth-order valence-electron chi connectivity index (χ4n) is 3.21. The Kier molecular flexibility index (Phi) is 4.59. The number of carboxylic acid groups (broad SMARTS) is 1. The van der Waals surface area contributed by atoms with Gasteiger partial charge in [0.2, 0.25) is 5.91 Å². The van der Waals surface area contributed by atoms with E-state index in [0.29, 0.717) is 5.92 Å². The van der Waals surface area contributed by atoms with Crippen LogP contribution in [0.5, 0.6) is 0 Å². The first-order valence-electron chi connectivity index (χ1n) is 7.96. The lowest BCUT2D eigenvalue weighted by atomic mass is 10.1. The molecule has 0 spiro atoms. The molecule has 6 heteroatoms. The molecule has 1 unspecified atom stereocenters. The highest BCUT2D eigenvalue weighted by Crippen LogP contribution is 2.59. The van der Waals surface area contributed by atoms with E-state index in [-0.39, 0.29) is 11.9 Å². The number of carbonyl (C=O) groups is 2. The van der Waals surface area contributed by atoms with Gasteiger partial charge in [0, 0.05) is 17.8 Å². The summed E-state index contributed by atoms with van der Waals surface area (Å²) in [6, 6.07) is -0.0988. The lowest BCUT2D eigenvalue weighted by Gasteiger charge is -2.25. The molecule has 2 rings (SSSR count). The number of hydrogen-bond acceptors (Lipinski definition) is 4. The summed E-state index contributed by atoms with van der Waals surface area (Å²) >= 11 is 1.64. The van der Waals surface area contributed by atoms with E-state index >= 15 is 0 Å². The molecule has 1 aliphatic carbocycles. The third-order valence-corrected chi connectivity index (χ3v) is 6.64. The Morgan fingerprint density at radius 1 is 1.26 bits per heavy atom. The maximum Gasteiger partial charge on any atom is 0.307 e. The first kappa shape index (κ1) is 17.9. The molecule has 1 aromatic heterocycles. The van der Waals surface area contributed by atoms with Crippen molar-refractivity contribution in [2.24, 2.45) is 17.3 Å². The predicted octanol–water partition coefficient (Wildman–Crippen LogP) is 3.45. The van der Waals surface area contributed by atoms with Crippen LogP contribution in [-0.4, -0.2) is 33.9 Å². The normalized spacial score (nSPS) is 23.7. The van der Waals surface area contributed by atoms with Crippen molar-refractivity contribution in [1.82, 2.24) is 9.88 Å². The zero-order chi connectivity index (χ0) is 17.7. The Morgan fingerprint density at radius 2 is 1.83 bits per heavy atom.